The van der Waals surface area contributed by atoms with Gasteiger partial charge in [0.2, 0.25) is 5.91 Å². The van der Waals surface area contributed by atoms with Gasteiger partial charge in [0.1, 0.15) is 0 Å². The quantitative estimate of drug-likeness (QED) is 0.684. The number of benzene rings is 2. The van der Waals surface area contributed by atoms with Gasteiger partial charge in [0.15, 0.2) is 0 Å². The highest BCUT2D eigenvalue weighted by Crippen LogP contribution is 2.30. The van der Waals surface area contributed by atoms with Gasteiger partial charge in [0, 0.05) is 31.2 Å². The van der Waals surface area contributed by atoms with Crippen molar-refractivity contribution in [3.63, 3.8) is 0 Å². The van der Waals surface area contributed by atoms with Gasteiger partial charge < -0.3 is 20.9 Å². The second-order valence-corrected chi connectivity index (χ2v) is 7.84. The summed E-state index contributed by atoms with van der Waals surface area (Å²) in [7, 11) is 0. The topological polar surface area (TPSA) is 73.5 Å². The third-order valence-electron chi connectivity index (χ3n) is 5.44. The molecular formula is C23H28N4O2. The van der Waals surface area contributed by atoms with E-state index in [1.165, 1.54) is 19.3 Å². The smallest absolute Gasteiger partial charge is 0.319 e. The number of hydrogen-bond acceptors (Lipinski definition) is 3. The van der Waals surface area contributed by atoms with Crippen molar-refractivity contribution in [2.75, 3.05) is 28.6 Å². The Morgan fingerprint density at radius 2 is 1.72 bits per heavy atom. The standard InChI is InChI=1S/C23H28N4O2/c28-22(18-11-12-18)25-19-8-6-7-17(15-19)16-24-23(29)26-20-9-2-3-10-21(20)27-13-4-1-5-14-27/h2-3,6-10,15,18H,1,4-5,11-14,16H2,(H,25,28)(H2,24,26,29). The lowest BCUT2D eigenvalue weighted by Gasteiger charge is -2.30. The zero-order valence-electron chi connectivity index (χ0n) is 16.6. The van der Waals surface area contributed by atoms with Gasteiger partial charge >= 0.3 is 6.03 Å². The summed E-state index contributed by atoms with van der Waals surface area (Å²) in [6.07, 6.45) is 5.60. The van der Waals surface area contributed by atoms with Crippen LogP contribution in [0.2, 0.25) is 0 Å². The molecule has 0 bridgehead atoms. The second-order valence-electron chi connectivity index (χ2n) is 7.84. The number of anilines is 3. The van der Waals surface area contributed by atoms with Crippen LogP contribution in [0.4, 0.5) is 21.9 Å². The van der Waals surface area contributed by atoms with Gasteiger partial charge in [-0.1, -0.05) is 24.3 Å². The third kappa shape index (κ3) is 5.28. The van der Waals surface area contributed by atoms with Crippen LogP contribution in [-0.4, -0.2) is 25.0 Å². The summed E-state index contributed by atoms with van der Waals surface area (Å²) in [5, 5.41) is 8.84. The second kappa shape index (κ2) is 8.99. The highest BCUT2D eigenvalue weighted by atomic mass is 16.2. The zero-order chi connectivity index (χ0) is 20.1. The van der Waals surface area contributed by atoms with E-state index in [4.69, 9.17) is 0 Å². The molecule has 0 aromatic heterocycles. The molecule has 0 spiro atoms. The number of carbonyl (C=O) groups is 2. The fourth-order valence-corrected chi connectivity index (χ4v) is 3.69. The van der Waals surface area contributed by atoms with E-state index in [0.717, 1.165) is 48.6 Å². The number of urea groups is 1. The lowest BCUT2D eigenvalue weighted by atomic mass is 10.1. The molecule has 1 heterocycles. The Kier molecular flexibility index (Phi) is 5.98. The molecule has 6 nitrogen and oxygen atoms in total. The normalized spacial score (nSPS) is 16.2. The molecule has 152 valence electrons. The van der Waals surface area contributed by atoms with Crippen LogP contribution in [0.5, 0.6) is 0 Å². The van der Waals surface area contributed by atoms with Gasteiger partial charge in [0.25, 0.3) is 0 Å². The van der Waals surface area contributed by atoms with Crippen molar-refractivity contribution in [2.45, 2.75) is 38.6 Å². The zero-order valence-corrected chi connectivity index (χ0v) is 16.6. The van der Waals surface area contributed by atoms with Crippen LogP contribution >= 0.6 is 0 Å². The first-order valence-corrected chi connectivity index (χ1v) is 10.5. The Bertz CT molecular complexity index is 873. The largest absolute Gasteiger partial charge is 0.370 e. The van der Waals surface area contributed by atoms with Gasteiger partial charge in [-0.2, -0.15) is 0 Å². The molecule has 2 aromatic rings. The van der Waals surface area contributed by atoms with Gasteiger partial charge in [0.05, 0.1) is 11.4 Å². The lowest BCUT2D eigenvalue weighted by molar-refractivity contribution is -0.117. The Morgan fingerprint density at radius 3 is 2.52 bits per heavy atom. The Labute approximate surface area is 171 Å². The summed E-state index contributed by atoms with van der Waals surface area (Å²) in [6, 6.07) is 15.3. The van der Waals surface area contributed by atoms with E-state index in [1.807, 2.05) is 42.5 Å². The predicted octanol–water partition coefficient (Wildman–Crippen LogP) is 4.35. The maximum Gasteiger partial charge on any atom is 0.319 e. The maximum absolute atomic E-state index is 12.5. The van der Waals surface area contributed by atoms with E-state index in [2.05, 4.69) is 26.9 Å². The van der Waals surface area contributed by atoms with E-state index in [1.54, 1.807) is 0 Å². The summed E-state index contributed by atoms with van der Waals surface area (Å²) in [6.45, 7) is 2.45. The van der Waals surface area contributed by atoms with Crippen LogP contribution in [0.15, 0.2) is 48.5 Å². The fourth-order valence-electron chi connectivity index (χ4n) is 3.69. The summed E-state index contributed by atoms with van der Waals surface area (Å²) in [4.78, 5) is 26.7. The monoisotopic (exact) mass is 392 g/mol. The van der Waals surface area contributed by atoms with Gasteiger partial charge in [-0.05, 0) is 61.9 Å². The number of amides is 3. The first-order chi connectivity index (χ1) is 14.2. The molecule has 4 rings (SSSR count). The maximum atomic E-state index is 12.5. The fraction of sp³-hybridized carbons (Fsp3) is 0.391. The number of para-hydroxylation sites is 2. The van der Waals surface area contributed by atoms with Crippen molar-refractivity contribution in [1.29, 1.82) is 0 Å². The molecule has 6 heteroatoms. The average Bonchev–Trinajstić information content (AvgIpc) is 3.59. The molecule has 2 aromatic carbocycles. The average molecular weight is 393 g/mol. The molecule has 2 aliphatic rings. The molecule has 3 amide bonds. The molecular weight excluding hydrogens is 364 g/mol. The Balaban J connectivity index is 1.33. The summed E-state index contributed by atoms with van der Waals surface area (Å²) in [5.74, 6) is 0.254. The van der Waals surface area contributed by atoms with E-state index in [9.17, 15) is 9.59 Å². The number of piperidine rings is 1. The highest BCUT2D eigenvalue weighted by molar-refractivity contribution is 5.94. The summed E-state index contributed by atoms with van der Waals surface area (Å²) >= 11 is 0. The van der Waals surface area contributed by atoms with Crippen LogP contribution in [0.3, 0.4) is 0 Å². The van der Waals surface area contributed by atoms with Crippen molar-refractivity contribution in [2.24, 2.45) is 5.92 Å². The molecule has 1 saturated heterocycles. The molecule has 0 radical (unpaired) electrons. The van der Waals surface area contributed by atoms with Gasteiger partial charge in [-0.25, -0.2) is 4.79 Å². The molecule has 1 saturated carbocycles. The number of nitrogens with zero attached hydrogens (tertiary/aromatic N) is 1. The van der Waals surface area contributed by atoms with E-state index in [0.29, 0.717) is 6.54 Å². The number of rotatable bonds is 6. The number of hydrogen-bond donors (Lipinski definition) is 3. The van der Waals surface area contributed by atoms with Crippen LogP contribution in [0, 0.1) is 5.92 Å². The minimum atomic E-state index is -0.234. The summed E-state index contributed by atoms with van der Waals surface area (Å²) in [5.41, 5.74) is 3.62. The molecule has 2 fully saturated rings. The van der Waals surface area contributed by atoms with Crippen LogP contribution in [0.25, 0.3) is 0 Å². The van der Waals surface area contributed by atoms with Crippen molar-refractivity contribution >= 4 is 29.0 Å². The van der Waals surface area contributed by atoms with Crippen LogP contribution in [0.1, 0.15) is 37.7 Å². The molecule has 1 aliphatic heterocycles. The molecule has 1 aliphatic carbocycles. The minimum absolute atomic E-state index is 0.0853. The molecule has 3 N–H and O–H groups in total. The van der Waals surface area contributed by atoms with Crippen molar-refractivity contribution in [1.82, 2.24) is 5.32 Å². The molecule has 29 heavy (non-hydrogen) atoms. The van der Waals surface area contributed by atoms with E-state index < -0.39 is 0 Å². The highest BCUT2D eigenvalue weighted by Gasteiger charge is 2.29. The lowest BCUT2D eigenvalue weighted by Crippen LogP contribution is -2.32. The van der Waals surface area contributed by atoms with E-state index in [-0.39, 0.29) is 17.9 Å². The van der Waals surface area contributed by atoms with Crippen LogP contribution in [-0.2, 0) is 11.3 Å². The predicted molar refractivity (Wildman–Crippen MR) is 116 cm³/mol. The van der Waals surface area contributed by atoms with Crippen molar-refractivity contribution < 1.29 is 9.59 Å². The van der Waals surface area contributed by atoms with Gasteiger partial charge in [-0.15, -0.1) is 0 Å². The first kappa shape index (κ1) is 19.3. The van der Waals surface area contributed by atoms with Crippen LogP contribution < -0.4 is 20.9 Å². The van der Waals surface area contributed by atoms with E-state index >= 15 is 0 Å². The van der Waals surface area contributed by atoms with Crippen molar-refractivity contribution in [3.8, 4) is 0 Å². The van der Waals surface area contributed by atoms with Gasteiger partial charge in [-0.3, -0.25) is 4.79 Å². The summed E-state index contributed by atoms with van der Waals surface area (Å²) < 4.78 is 0. The Morgan fingerprint density at radius 1 is 0.931 bits per heavy atom. The Hall–Kier alpha value is -3.02. The van der Waals surface area contributed by atoms with Crippen molar-refractivity contribution in [3.05, 3.63) is 54.1 Å². The minimum Gasteiger partial charge on any atom is -0.370 e. The SMILES string of the molecule is O=C(NCc1cccc(NC(=O)C2CC2)c1)Nc1ccccc1N1CCCCC1. The molecule has 0 unspecified atom stereocenters. The third-order valence-corrected chi connectivity index (χ3v) is 5.44. The molecule has 0 atom stereocenters. The number of carbonyl (C=O) groups excluding carboxylic acids is 2. The number of nitrogens with one attached hydrogen (secondary N) is 3. The first-order valence-electron chi connectivity index (χ1n) is 10.5.